The first kappa shape index (κ1) is 11.7. The summed E-state index contributed by atoms with van der Waals surface area (Å²) in [4.78, 5) is 0. The fourth-order valence-corrected chi connectivity index (χ4v) is 1.93. The number of aryl methyl sites for hydroxylation is 1. The van der Waals surface area contributed by atoms with Crippen molar-refractivity contribution in [2.24, 2.45) is 0 Å². The molecule has 0 bridgehead atoms. The highest BCUT2D eigenvalue weighted by Crippen LogP contribution is 2.17. The van der Waals surface area contributed by atoms with E-state index in [2.05, 4.69) is 67.7 Å². The standard InChI is InChI=1S/C16H19N/c1-13-7-6-10-16(14(13)2)17-12-11-15-8-4-3-5-9-15/h3-10,17H,11-12H2,1-2H3. The zero-order valence-electron chi connectivity index (χ0n) is 10.5. The van der Waals surface area contributed by atoms with E-state index in [4.69, 9.17) is 0 Å². The second-order valence-electron chi connectivity index (χ2n) is 4.41. The van der Waals surface area contributed by atoms with Gasteiger partial charge in [-0.1, -0.05) is 42.5 Å². The molecule has 1 nitrogen and oxygen atoms in total. The average molecular weight is 225 g/mol. The molecule has 2 rings (SSSR count). The minimum Gasteiger partial charge on any atom is -0.384 e. The molecule has 0 aromatic heterocycles. The molecule has 0 heterocycles. The van der Waals surface area contributed by atoms with Gasteiger partial charge in [-0.25, -0.2) is 0 Å². The van der Waals surface area contributed by atoms with Crippen LogP contribution in [0.2, 0.25) is 0 Å². The van der Waals surface area contributed by atoms with Gasteiger partial charge in [0.15, 0.2) is 0 Å². The quantitative estimate of drug-likeness (QED) is 0.830. The van der Waals surface area contributed by atoms with Crippen molar-refractivity contribution in [2.45, 2.75) is 20.3 Å². The van der Waals surface area contributed by atoms with Crippen molar-refractivity contribution in [3.05, 3.63) is 65.2 Å². The third-order valence-electron chi connectivity index (χ3n) is 3.18. The molecular formula is C16H19N. The van der Waals surface area contributed by atoms with E-state index in [1.54, 1.807) is 0 Å². The van der Waals surface area contributed by atoms with Crippen LogP contribution in [0.25, 0.3) is 0 Å². The summed E-state index contributed by atoms with van der Waals surface area (Å²) in [7, 11) is 0. The van der Waals surface area contributed by atoms with Crippen molar-refractivity contribution in [2.75, 3.05) is 11.9 Å². The smallest absolute Gasteiger partial charge is 0.0372 e. The Morgan fingerprint density at radius 1 is 0.882 bits per heavy atom. The number of nitrogens with one attached hydrogen (secondary N) is 1. The Balaban J connectivity index is 1.93. The largest absolute Gasteiger partial charge is 0.384 e. The summed E-state index contributed by atoms with van der Waals surface area (Å²) < 4.78 is 0. The Morgan fingerprint density at radius 3 is 2.41 bits per heavy atom. The van der Waals surface area contributed by atoms with Crippen molar-refractivity contribution in [1.29, 1.82) is 0 Å². The molecule has 1 N–H and O–H groups in total. The van der Waals surface area contributed by atoms with Crippen molar-refractivity contribution < 1.29 is 0 Å². The summed E-state index contributed by atoms with van der Waals surface area (Å²) in [6, 6.07) is 17.0. The molecule has 0 saturated heterocycles. The van der Waals surface area contributed by atoms with Gasteiger partial charge in [0.1, 0.15) is 0 Å². The van der Waals surface area contributed by atoms with Crippen LogP contribution in [-0.4, -0.2) is 6.54 Å². The zero-order chi connectivity index (χ0) is 12.1. The van der Waals surface area contributed by atoms with Gasteiger partial charge < -0.3 is 5.32 Å². The van der Waals surface area contributed by atoms with Gasteiger partial charge in [-0.2, -0.15) is 0 Å². The molecule has 0 spiro atoms. The van der Waals surface area contributed by atoms with E-state index in [1.807, 2.05) is 0 Å². The normalized spacial score (nSPS) is 10.2. The van der Waals surface area contributed by atoms with Crippen molar-refractivity contribution in [1.82, 2.24) is 0 Å². The lowest BCUT2D eigenvalue weighted by atomic mass is 10.1. The van der Waals surface area contributed by atoms with E-state index in [9.17, 15) is 0 Å². The average Bonchev–Trinajstić information content (AvgIpc) is 2.36. The van der Waals surface area contributed by atoms with Gasteiger partial charge >= 0.3 is 0 Å². The lowest BCUT2D eigenvalue weighted by Gasteiger charge is -2.11. The van der Waals surface area contributed by atoms with Crippen LogP contribution in [0, 0.1) is 13.8 Å². The third kappa shape index (κ3) is 3.10. The van der Waals surface area contributed by atoms with Gasteiger partial charge in [0.2, 0.25) is 0 Å². The first-order valence-electron chi connectivity index (χ1n) is 6.11. The highest BCUT2D eigenvalue weighted by Gasteiger charge is 1.99. The van der Waals surface area contributed by atoms with Crippen LogP contribution in [0.5, 0.6) is 0 Å². The summed E-state index contributed by atoms with van der Waals surface area (Å²) in [5.41, 5.74) is 5.32. The molecule has 88 valence electrons. The van der Waals surface area contributed by atoms with Crippen LogP contribution in [0.1, 0.15) is 16.7 Å². The summed E-state index contributed by atoms with van der Waals surface area (Å²) in [5, 5.41) is 3.50. The molecule has 2 aromatic carbocycles. The molecule has 0 amide bonds. The minimum absolute atomic E-state index is 0.980. The third-order valence-corrected chi connectivity index (χ3v) is 3.18. The van der Waals surface area contributed by atoms with Crippen LogP contribution >= 0.6 is 0 Å². The first-order chi connectivity index (χ1) is 8.27. The number of hydrogen-bond acceptors (Lipinski definition) is 1. The molecule has 0 aliphatic carbocycles. The fraction of sp³-hybridized carbons (Fsp3) is 0.250. The number of hydrogen-bond donors (Lipinski definition) is 1. The molecule has 2 aromatic rings. The summed E-state index contributed by atoms with van der Waals surface area (Å²) in [6.07, 6.45) is 1.06. The van der Waals surface area contributed by atoms with E-state index in [1.165, 1.54) is 22.4 Å². The van der Waals surface area contributed by atoms with E-state index in [0.717, 1.165) is 13.0 Å². The van der Waals surface area contributed by atoms with Crippen LogP contribution in [0.4, 0.5) is 5.69 Å². The second-order valence-corrected chi connectivity index (χ2v) is 4.41. The second kappa shape index (κ2) is 5.53. The lowest BCUT2D eigenvalue weighted by molar-refractivity contribution is 1.02. The molecule has 0 fully saturated rings. The summed E-state index contributed by atoms with van der Waals surface area (Å²) >= 11 is 0. The van der Waals surface area contributed by atoms with Gasteiger partial charge in [-0.15, -0.1) is 0 Å². The van der Waals surface area contributed by atoms with E-state index >= 15 is 0 Å². The molecule has 1 heteroatoms. The topological polar surface area (TPSA) is 12.0 Å². The van der Waals surface area contributed by atoms with Gasteiger partial charge in [0, 0.05) is 12.2 Å². The Hall–Kier alpha value is -1.76. The van der Waals surface area contributed by atoms with Gasteiger partial charge in [-0.05, 0) is 43.0 Å². The van der Waals surface area contributed by atoms with Crippen molar-refractivity contribution in [3.8, 4) is 0 Å². The maximum absolute atomic E-state index is 3.50. The lowest BCUT2D eigenvalue weighted by Crippen LogP contribution is -2.06. The highest BCUT2D eigenvalue weighted by molar-refractivity contribution is 5.53. The van der Waals surface area contributed by atoms with Crippen LogP contribution in [-0.2, 0) is 6.42 Å². The SMILES string of the molecule is Cc1cccc(NCCc2ccccc2)c1C. The van der Waals surface area contributed by atoms with Crippen LogP contribution < -0.4 is 5.32 Å². The first-order valence-corrected chi connectivity index (χ1v) is 6.11. The van der Waals surface area contributed by atoms with E-state index in [-0.39, 0.29) is 0 Å². The van der Waals surface area contributed by atoms with E-state index in [0.29, 0.717) is 0 Å². The molecule has 0 unspecified atom stereocenters. The van der Waals surface area contributed by atoms with Crippen molar-refractivity contribution >= 4 is 5.69 Å². The molecular weight excluding hydrogens is 206 g/mol. The highest BCUT2D eigenvalue weighted by atomic mass is 14.9. The fourth-order valence-electron chi connectivity index (χ4n) is 1.93. The zero-order valence-corrected chi connectivity index (χ0v) is 10.5. The van der Waals surface area contributed by atoms with E-state index < -0.39 is 0 Å². The molecule has 0 radical (unpaired) electrons. The maximum Gasteiger partial charge on any atom is 0.0372 e. The molecule has 0 saturated carbocycles. The van der Waals surface area contributed by atoms with Crippen LogP contribution in [0.15, 0.2) is 48.5 Å². The Bertz CT molecular complexity index is 474. The summed E-state index contributed by atoms with van der Waals surface area (Å²) in [5.74, 6) is 0. The minimum atomic E-state index is 0.980. The number of benzene rings is 2. The van der Waals surface area contributed by atoms with Crippen LogP contribution in [0.3, 0.4) is 0 Å². The van der Waals surface area contributed by atoms with Gasteiger partial charge in [0.25, 0.3) is 0 Å². The molecule has 17 heavy (non-hydrogen) atoms. The van der Waals surface area contributed by atoms with Gasteiger partial charge in [0.05, 0.1) is 0 Å². The Kier molecular flexibility index (Phi) is 3.81. The Morgan fingerprint density at radius 2 is 1.65 bits per heavy atom. The van der Waals surface area contributed by atoms with Gasteiger partial charge in [-0.3, -0.25) is 0 Å². The molecule has 0 atom stereocenters. The maximum atomic E-state index is 3.50. The number of anilines is 1. The summed E-state index contributed by atoms with van der Waals surface area (Å²) in [6.45, 7) is 5.30. The predicted molar refractivity (Wildman–Crippen MR) is 74.6 cm³/mol. The van der Waals surface area contributed by atoms with Crippen molar-refractivity contribution in [3.63, 3.8) is 0 Å². The predicted octanol–water partition coefficient (Wildman–Crippen LogP) is 3.96. The molecule has 0 aliphatic rings. The monoisotopic (exact) mass is 225 g/mol. The molecule has 0 aliphatic heterocycles. The number of rotatable bonds is 4. The Labute approximate surface area is 103 Å².